The maximum Gasteiger partial charge on any atom is 0.251 e. The van der Waals surface area contributed by atoms with Crippen LogP contribution in [0.3, 0.4) is 0 Å². The van der Waals surface area contributed by atoms with Crippen LogP contribution in [-0.2, 0) is 0 Å². The van der Waals surface area contributed by atoms with Crippen molar-refractivity contribution in [3.8, 4) is 0 Å². The maximum atomic E-state index is 12.0. The first-order valence-electron chi connectivity index (χ1n) is 5.73. The number of carbonyl (C=O) groups excluding carboxylic acids is 1. The Balaban J connectivity index is 2.77. The fraction of sp³-hybridized carbons (Fsp3) is 0.462. The van der Waals surface area contributed by atoms with Crippen molar-refractivity contribution in [1.82, 2.24) is 5.32 Å². The summed E-state index contributed by atoms with van der Waals surface area (Å²) in [6.45, 7) is 3.99. The van der Waals surface area contributed by atoms with Gasteiger partial charge in [-0.25, -0.2) is 0 Å². The number of amides is 1. The fourth-order valence-electron chi connectivity index (χ4n) is 1.57. The lowest BCUT2D eigenvalue weighted by atomic mass is 9.94. The molecule has 0 fully saturated rings. The molecule has 3 nitrogen and oxygen atoms in total. The molecule has 1 atom stereocenters. The van der Waals surface area contributed by atoms with Crippen molar-refractivity contribution in [3.05, 3.63) is 29.8 Å². The standard InChI is InChI=1S/C13H19NO2S/c1-3-13(2,7-8-15)14-12(16)10-5-4-6-11(17)9-10/h4-6,9,15,17H,3,7-8H2,1-2H3,(H,14,16). The highest BCUT2D eigenvalue weighted by molar-refractivity contribution is 7.80. The Bertz CT molecular complexity index is 395. The van der Waals surface area contributed by atoms with Crippen molar-refractivity contribution in [3.63, 3.8) is 0 Å². The molecule has 1 aromatic carbocycles. The molecule has 0 aliphatic carbocycles. The van der Waals surface area contributed by atoms with E-state index in [1.165, 1.54) is 0 Å². The average Bonchev–Trinajstić information content (AvgIpc) is 2.29. The molecule has 0 aliphatic rings. The summed E-state index contributed by atoms with van der Waals surface area (Å²) in [5.41, 5.74) is 0.230. The van der Waals surface area contributed by atoms with E-state index in [9.17, 15) is 4.79 Å². The van der Waals surface area contributed by atoms with Crippen LogP contribution in [-0.4, -0.2) is 23.2 Å². The molecular weight excluding hydrogens is 234 g/mol. The highest BCUT2D eigenvalue weighted by Gasteiger charge is 2.24. The zero-order valence-electron chi connectivity index (χ0n) is 10.2. The lowest BCUT2D eigenvalue weighted by molar-refractivity contribution is 0.0886. The predicted molar refractivity (Wildman–Crippen MR) is 71.6 cm³/mol. The molecule has 0 heterocycles. The summed E-state index contributed by atoms with van der Waals surface area (Å²) in [7, 11) is 0. The van der Waals surface area contributed by atoms with Crippen LogP contribution in [0.4, 0.5) is 0 Å². The zero-order chi connectivity index (χ0) is 12.9. The predicted octanol–water partition coefficient (Wildman–Crippen LogP) is 2.26. The molecule has 0 aliphatic heterocycles. The summed E-state index contributed by atoms with van der Waals surface area (Å²) in [4.78, 5) is 12.8. The summed E-state index contributed by atoms with van der Waals surface area (Å²) in [5.74, 6) is -0.126. The molecule has 1 amide bonds. The lowest BCUT2D eigenvalue weighted by Gasteiger charge is -2.29. The van der Waals surface area contributed by atoms with E-state index >= 15 is 0 Å². The number of aliphatic hydroxyl groups is 1. The van der Waals surface area contributed by atoms with Crippen LogP contribution in [0.15, 0.2) is 29.2 Å². The normalized spacial score (nSPS) is 14.1. The summed E-state index contributed by atoms with van der Waals surface area (Å²) >= 11 is 4.20. The molecule has 1 rings (SSSR count). The summed E-state index contributed by atoms with van der Waals surface area (Å²) in [5, 5.41) is 12.0. The highest BCUT2D eigenvalue weighted by Crippen LogP contribution is 2.16. The molecule has 0 aromatic heterocycles. The van der Waals surface area contributed by atoms with E-state index < -0.39 is 0 Å². The van der Waals surface area contributed by atoms with Gasteiger partial charge in [0.25, 0.3) is 5.91 Å². The monoisotopic (exact) mass is 253 g/mol. The molecule has 2 N–H and O–H groups in total. The number of aliphatic hydroxyl groups excluding tert-OH is 1. The smallest absolute Gasteiger partial charge is 0.251 e. The second kappa shape index (κ2) is 6.07. The van der Waals surface area contributed by atoms with Crippen molar-refractivity contribution < 1.29 is 9.90 Å². The fourth-order valence-corrected chi connectivity index (χ4v) is 1.79. The lowest BCUT2D eigenvalue weighted by Crippen LogP contribution is -2.46. The Morgan fingerprint density at radius 3 is 2.76 bits per heavy atom. The molecule has 0 saturated heterocycles. The van der Waals surface area contributed by atoms with Crippen LogP contribution in [0.1, 0.15) is 37.0 Å². The van der Waals surface area contributed by atoms with Crippen LogP contribution in [0.5, 0.6) is 0 Å². The molecular formula is C13H19NO2S. The first kappa shape index (κ1) is 14.1. The summed E-state index contributed by atoms with van der Waals surface area (Å²) < 4.78 is 0. The third-order valence-corrected chi connectivity index (χ3v) is 3.25. The van der Waals surface area contributed by atoms with E-state index in [0.29, 0.717) is 12.0 Å². The van der Waals surface area contributed by atoms with Gasteiger partial charge in [-0.05, 0) is 38.0 Å². The maximum absolute atomic E-state index is 12.0. The second-order valence-corrected chi connectivity index (χ2v) is 4.91. The molecule has 1 unspecified atom stereocenters. The van der Waals surface area contributed by atoms with Gasteiger partial charge in [0.15, 0.2) is 0 Å². The van der Waals surface area contributed by atoms with Crippen molar-refractivity contribution in [2.75, 3.05) is 6.61 Å². The van der Waals surface area contributed by atoms with Gasteiger partial charge in [-0.3, -0.25) is 4.79 Å². The Labute approximate surface area is 108 Å². The Kier molecular flexibility index (Phi) is 5.02. The van der Waals surface area contributed by atoms with Gasteiger partial charge in [0, 0.05) is 22.6 Å². The molecule has 17 heavy (non-hydrogen) atoms. The minimum Gasteiger partial charge on any atom is -0.396 e. The van der Waals surface area contributed by atoms with E-state index in [-0.39, 0.29) is 18.1 Å². The van der Waals surface area contributed by atoms with E-state index in [1.807, 2.05) is 19.9 Å². The molecule has 94 valence electrons. The molecule has 0 saturated carbocycles. The number of nitrogens with one attached hydrogen (secondary N) is 1. The van der Waals surface area contributed by atoms with Crippen LogP contribution in [0.2, 0.25) is 0 Å². The van der Waals surface area contributed by atoms with Crippen molar-refractivity contribution in [1.29, 1.82) is 0 Å². The topological polar surface area (TPSA) is 49.3 Å². The molecule has 0 radical (unpaired) electrons. The average molecular weight is 253 g/mol. The SMILES string of the molecule is CCC(C)(CCO)NC(=O)c1cccc(S)c1. The Morgan fingerprint density at radius 1 is 1.53 bits per heavy atom. The molecule has 0 spiro atoms. The van der Waals surface area contributed by atoms with Gasteiger partial charge < -0.3 is 10.4 Å². The molecule has 0 bridgehead atoms. The number of carbonyl (C=O) groups is 1. The van der Waals surface area contributed by atoms with Crippen LogP contribution in [0, 0.1) is 0 Å². The van der Waals surface area contributed by atoms with Gasteiger partial charge in [-0.15, -0.1) is 12.6 Å². The summed E-state index contributed by atoms with van der Waals surface area (Å²) in [6, 6.07) is 7.11. The largest absolute Gasteiger partial charge is 0.396 e. The third-order valence-electron chi connectivity index (χ3n) is 2.97. The van der Waals surface area contributed by atoms with Crippen molar-refractivity contribution in [2.45, 2.75) is 37.1 Å². The van der Waals surface area contributed by atoms with Crippen LogP contribution in [0.25, 0.3) is 0 Å². The quantitative estimate of drug-likeness (QED) is 0.705. The van der Waals surface area contributed by atoms with Crippen molar-refractivity contribution >= 4 is 18.5 Å². The Morgan fingerprint density at radius 2 is 2.24 bits per heavy atom. The van der Waals surface area contributed by atoms with Crippen LogP contribution < -0.4 is 5.32 Å². The van der Waals surface area contributed by atoms with Gasteiger partial charge in [-0.1, -0.05) is 13.0 Å². The van der Waals surface area contributed by atoms with Crippen LogP contribution >= 0.6 is 12.6 Å². The number of benzene rings is 1. The van der Waals surface area contributed by atoms with Gasteiger partial charge in [0.1, 0.15) is 0 Å². The number of hydrogen-bond donors (Lipinski definition) is 3. The molecule has 1 aromatic rings. The van der Waals surface area contributed by atoms with E-state index in [1.54, 1.807) is 18.2 Å². The van der Waals surface area contributed by atoms with Gasteiger partial charge in [0.2, 0.25) is 0 Å². The second-order valence-electron chi connectivity index (χ2n) is 4.39. The first-order valence-corrected chi connectivity index (χ1v) is 6.18. The zero-order valence-corrected chi connectivity index (χ0v) is 11.1. The van der Waals surface area contributed by atoms with E-state index in [2.05, 4.69) is 17.9 Å². The molecule has 4 heteroatoms. The third kappa shape index (κ3) is 4.06. The van der Waals surface area contributed by atoms with Gasteiger partial charge in [0.05, 0.1) is 0 Å². The Hall–Kier alpha value is -1.00. The first-order chi connectivity index (χ1) is 8.00. The number of rotatable bonds is 5. The highest BCUT2D eigenvalue weighted by atomic mass is 32.1. The minimum atomic E-state index is -0.363. The van der Waals surface area contributed by atoms with E-state index in [4.69, 9.17) is 5.11 Å². The van der Waals surface area contributed by atoms with Gasteiger partial charge in [-0.2, -0.15) is 0 Å². The summed E-state index contributed by atoms with van der Waals surface area (Å²) in [6.07, 6.45) is 1.33. The number of thiol groups is 1. The minimum absolute atomic E-state index is 0.0667. The van der Waals surface area contributed by atoms with Gasteiger partial charge >= 0.3 is 0 Å². The number of hydrogen-bond acceptors (Lipinski definition) is 3. The van der Waals surface area contributed by atoms with E-state index in [0.717, 1.165) is 11.3 Å². The van der Waals surface area contributed by atoms with Crippen molar-refractivity contribution in [2.24, 2.45) is 0 Å².